The Hall–Kier alpha value is -4.58. The zero-order chi connectivity index (χ0) is 37.9. The third-order valence-corrected chi connectivity index (χ3v) is 12.4. The molecule has 9 nitrogen and oxygen atoms in total. The van der Waals surface area contributed by atoms with E-state index in [4.69, 9.17) is 10.5 Å². The molecule has 0 saturated heterocycles. The van der Waals surface area contributed by atoms with Crippen LogP contribution in [0.1, 0.15) is 72.3 Å². The third-order valence-electron chi connectivity index (χ3n) is 11.6. The maximum absolute atomic E-state index is 14.8. The minimum absolute atomic E-state index is 0.0280. The largest absolute Gasteiger partial charge is 0.506 e. The van der Waals surface area contributed by atoms with E-state index in [0.717, 1.165) is 4.90 Å². The predicted octanol–water partition coefficient (Wildman–Crippen LogP) is 4.10. The lowest BCUT2D eigenvalue weighted by Crippen LogP contribution is -2.79. The smallest absolute Gasteiger partial charge is 0.230 e. The number of phenols is 1. The van der Waals surface area contributed by atoms with Gasteiger partial charge in [0.1, 0.15) is 23.5 Å². The summed E-state index contributed by atoms with van der Waals surface area (Å²) in [4.78, 5) is 42.5. The van der Waals surface area contributed by atoms with Crippen LogP contribution >= 0.6 is 11.8 Å². The van der Waals surface area contributed by atoms with Crippen molar-refractivity contribution in [1.29, 1.82) is 0 Å². The topological polar surface area (TPSA) is 167 Å². The molecule has 2 fully saturated rings. The first-order valence-electron chi connectivity index (χ1n) is 17.2. The van der Waals surface area contributed by atoms with Crippen molar-refractivity contribution in [2.24, 2.45) is 40.2 Å². The number of Topliss-reactive ketones (excluding diaryl/α,β-unsaturated/α-hetero) is 2. The van der Waals surface area contributed by atoms with Crippen LogP contribution in [-0.4, -0.2) is 69.1 Å². The summed E-state index contributed by atoms with van der Waals surface area (Å²) in [6.07, 6.45) is -1.36. The van der Waals surface area contributed by atoms with Crippen molar-refractivity contribution in [2.45, 2.75) is 63.2 Å². The van der Waals surface area contributed by atoms with Gasteiger partial charge in [-0.1, -0.05) is 51.4 Å². The second-order valence-corrected chi connectivity index (χ2v) is 16.0. The molecule has 52 heavy (non-hydrogen) atoms. The van der Waals surface area contributed by atoms with Gasteiger partial charge < -0.3 is 30.9 Å². The molecule has 0 heterocycles. The summed E-state index contributed by atoms with van der Waals surface area (Å²) in [5.74, 6) is 5.43. The summed E-state index contributed by atoms with van der Waals surface area (Å²) in [6, 6.07) is 16.4. The van der Waals surface area contributed by atoms with Gasteiger partial charge in [0.05, 0.1) is 30.3 Å². The lowest BCUT2D eigenvalue weighted by molar-refractivity contribution is -0.265. The molecule has 3 aromatic carbocycles. The molecule has 0 bridgehead atoms. The number of rotatable bonds is 4. The predicted molar refractivity (Wildman–Crippen MR) is 197 cm³/mol. The van der Waals surface area contributed by atoms with Crippen LogP contribution in [0, 0.1) is 58.2 Å². The molecule has 3 aliphatic carbocycles. The third kappa shape index (κ3) is 5.70. The zero-order valence-corrected chi connectivity index (χ0v) is 30.8. The molecule has 3 aliphatic rings. The van der Waals surface area contributed by atoms with Gasteiger partial charge in [0.25, 0.3) is 0 Å². The van der Waals surface area contributed by atoms with Crippen molar-refractivity contribution in [3.8, 4) is 35.2 Å². The molecule has 0 radical (unpaired) electrons. The SMILES string of the molecule is COc1ccc(C#Cc2cc(C#Cc3ccc(SC)cc3)c(O)c3c2C[C@]2(C)C[C@]4(C)[C@@H](C(C)C)C(O)[C@@H](C(N)=O)C(=O)[C@]4(O)C(O)[C@H]2C3=O)cc1. The van der Waals surface area contributed by atoms with Gasteiger partial charge in [-0.05, 0) is 96.5 Å². The number of amides is 1. The number of thioether (sulfide) groups is 1. The van der Waals surface area contributed by atoms with E-state index in [1.54, 1.807) is 70.0 Å². The fourth-order valence-electron chi connectivity index (χ4n) is 9.43. The number of primary amides is 1. The van der Waals surface area contributed by atoms with Gasteiger partial charge in [0.2, 0.25) is 5.91 Å². The minimum atomic E-state index is -2.61. The molecule has 6 rings (SSSR count). The summed E-state index contributed by atoms with van der Waals surface area (Å²) >= 11 is 1.59. The van der Waals surface area contributed by atoms with Gasteiger partial charge in [0.15, 0.2) is 17.2 Å². The van der Waals surface area contributed by atoms with Crippen LogP contribution in [0.25, 0.3) is 0 Å². The molecule has 1 amide bonds. The Morgan fingerprint density at radius 3 is 2.08 bits per heavy atom. The second kappa shape index (κ2) is 13.4. The van der Waals surface area contributed by atoms with Crippen LogP contribution in [0.2, 0.25) is 0 Å². The molecule has 6 N–H and O–H groups in total. The van der Waals surface area contributed by atoms with E-state index in [0.29, 0.717) is 28.0 Å². The minimum Gasteiger partial charge on any atom is -0.506 e. The molecular formula is C42H43NO8S. The lowest BCUT2D eigenvalue weighted by Gasteiger charge is -2.66. The quantitative estimate of drug-likeness (QED) is 0.151. The second-order valence-electron chi connectivity index (χ2n) is 15.1. The highest BCUT2D eigenvalue weighted by atomic mass is 32.2. The number of aromatic hydroxyl groups is 1. The van der Waals surface area contributed by atoms with Crippen LogP contribution in [-0.2, 0) is 16.0 Å². The highest BCUT2D eigenvalue weighted by Crippen LogP contribution is 2.65. The first-order chi connectivity index (χ1) is 24.5. The van der Waals surface area contributed by atoms with Crippen LogP contribution < -0.4 is 10.5 Å². The Morgan fingerprint density at radius 2 is 1.54 bits per heavy atom. The van der Waals surface area contributed by atoms with Crippen LogP contribution in [0.15, 0.2) is 59.5 Å². The van der Waals surface area contributed by atoms with E-state index in [1.807, 2.05) is 37.4 Å². The van der Waals surface area contributed by atoms with Gasteiger partial charge in [-0.15, -0.1) is 11.8 Å². The van der Waals surface area contributed by atoms with Gasteiger partial charge in [-0.2, -0.15) is 0 Å². The Bertz CT molecular complexity index is 2090. The van der Waals surface area contributed by atoms with Gasteiger partial charge >= 0.3 is 0 Å². The Balaban J connectivity index is 1.54. The van der Waals surface area contributed by atoms with Crippen LogP contribution in [0.5, 0.6) is 11.5 Å². The monoisotopic (exact) mass is 721 g/mol. The highest BCUT2D eigenvalue weighted by Gasteiger charge is 2.76. The number of ketones is 2. The fraction of sp³-hybridized carbons (Fsp3) is 0.405. The number of carbonyl (C=O) groups excluding carboxylic acids is 3. The van der Waals surface area contributed by atoms with Crippen molar-refractivity contribution < 1.29 is 39.5 Å². The number of carbonyl (C=O) groups is 3. The number of methoxy groups -OCH3 is 1. The van der Waals surface area contributed by atoms with E-state index in [9.17, 15) is 34.8 Å². The molecule has 270 valence electrons. The van der Waals surface area contributed by atoms with Crippen molar-refractivity contribution in [3.63, 3.8) is 0 Å². The molecule has 0 aliphatic heterocycles. The number of hydrogen-bond acceptors (Lipinski definition) is 9. The van der Waals surface area contributed by atoms with Crippen molar-refractivity contribution >= 4 is 29.2 Å². The molecule has 0 aromatic heterocycles. The number of aliphatic hydroxyl groups is 3. The van der Waals surface area contributed by atoms with Crippen LogP contribution in [0.4, 0.5) is 0 Å². The van der Waals surface area contributed by atoms with Gasteiger partial charge in [-0.25, -0.2) is 0 Å². The average molecular weight is 722 g/mol. The molecule has 2 unspecified atom stereocenters. The maximum atomic E-state index is 14.8. The number of ether oxygens (including phenoxy) is 1. The molecule has 3 aromatic rings. The molecule has 10 heteroatoms. The lowest BCUT2D eigenvalue weighted by atomic mass is 9.39. The molecule has 8 atom stereocenters. The van der Waals surface area contributed by atoms with Gasteiger partial charge in [-0.3, -0.25) is 14.4 Å². The number of fused-ring (bicyclic) bond motifs is 3. The molecule has 0 spiro atoms. The zero-order valence-electron chi connectivity index (χ0n) is 30.0. The van der Waals surface area contributed by atoms with E-state index < -0.39 is 69.6 Å². The Kier molecular flexibility index (Phi) is 9.61. The average Bonchev–Trinajstić information content (AvgIpc) is 3.09. The highest BCUT2D eigenvalue weighted by molar-refractivity contribution is 7.98. The summed E-state index contributed by atoms with van der Waals surface area (Å²) < 4.78 is 5.27. The number of nitrogens with two attached hydrogens (primary N) is 1. The first kappa shape index (κ1) is 37.2. The van der Waals surface area contributed by atoms with E-state index >= 15 is 0 Å². The van der Waals surface area contributed by atoms with Crippen molar-refractivity contribution in [1.82, 2.24) is 0 Å². The van der Waals surface area contributed by atoms with Crippen LogP contribution in [0.3, 0.4) is 0 Å². The fourth-order valence-corrected chi connectivity index (χ4v) is 9.84. The summed E-state index contributed by atoms with van der Waals surface area (Å²) in [7, 11) is 1.57. The summed E-state index contributed by atoms with van der Waals surface area (Å²) in [5.41, 5.74) is 2.78. The van der Waals surface area contributed by atoms with E-state index in [2.05, 4.69) is 23.7 Å². The first-order valence-corrected chi connectivity index (χ1v) is 18.4. The molecular weight excluding hydrogens is 679 g/mol. The number of phenolic OH excluding ortho intramolecular Hbond substituents is 1. The van der Waals surface area contributed by atoms with E-state index in [-0.39, 0.29) is 29.9 Å². The number of benzene rings is 3. The van der Waals surface area contributed by atoms with Crippen molar-refractivity contribution in [3.05, 3.63) is 88.0 Å². The Morgan fingerprint density at radius 1 is 0.962 bits per heavy atom. The normalized spacial score (nSPS) is 30.5. The number of hydrogen-bond donors (Lipinski definition) is 5. The standard InChI is InChI=1S/C42H43NO8S/c1-22(2)32-36(46)31(39(43)49)37(47)42(50)38(48)33-35(45)30-29(20-40(33,3)21-41(32,42)4)25(13-7-23-9-15-27(51-5)16-10-23)19-26(34(30)44)14-8-24-11-17-28(52-6)18-12-24/h9-12,15-19,22,31-33,36,38,44,46,48,50H,20-21H2,1-6H3,(H2,43,49)/t31-,32+,33-,36?,38?,40-,41-,42+/m1/s1. The molecule has 2 saturated carbocycles. The Labute approximate surface area is 308 Å². The van der Waals surface area contributed by atoms with Crippen molar-refractivity contribution in [2.75, 3.05) is 13.4 Å². The summed E-state index contributed by atoms with van der Waals surface area (Å²) in [5, 5.41) is 47.9. The number of aliphatic hydroxyl groups excluding tert-OH is 2. The summed E-state index contributed by atoms with van der Waals surface area (Å²) in [6.45, 7) is 7.05. The maximum Gasteiger partial charge on any atom is 0.230 e. The van der Waals surface area contributed by atoms with E-state index in [1.165, 1.54) is 0 Å². The van der Waals surface area contributed by atoms with Gasteiger partial charge in [0, 0.05) is 27.0 Å².